The van der Waals surface area contributed by atoms with Gasteiger partial charge >= 0.3 is 31.1 Å². The summed E-state index contributed by atoms with van der Waals surface area (Å²) in [6.07, 6.45) is -1.04. The summed E-state index contributed by atoms with van der Waals surface area (Å²) in [6.45, 7) is 0. The van der Waals surface area contributed by atoms with Gasteiger partial charge in [-0.1, -0.05) is 0 Å². The molecule has 0 heterocycles. The van der Waals surface area contributed by atoms with Gasteiger partial charge in [-0.2, -0.15) is 0 Å². The predicted molar refractivity (Wildman–Crippen MR) is 128 cm³/mol. The largest absolute Gasteiger partial charge is 0.489 e. The van der Waals surface area contributed by atoms with E-state index in [9.17, 15) is 39.1 Å². The SMILES string of the molecule is CN(C(=O)CCC[C@H](NC(=O)N[C@@H](CCC(=O)O)C(=O)O)C(=O)O)c1ccc(I)c(B(O)O)c1. The number of hydrogen-bond donors (Lipinski definition) is 7. The lowest BCUT2D eigenvalue weighted by Crippen LogP contribution is -2.51. The van der Waals surface area contributed by atoms with E-state index in [1.165, 1.54) is 18.0 Å². The molecule has 1 aromatic rings. The molecule has 3 amide bonds. The number of rotatable bonds is 13. The number of halogens is 1. The van der Waals surface area contributed by atoms with Crippen LogP contribution in [-0.4, -0.2) is 81.5 Å². The molecule has 15 heteroatoms. The molecule has 0 aliphatic carbocycles. The van der Waals surface area contributed by atoms with E-state index >= 15 is 0 Å². The standard InChI is InChI=1S/C19H25BIN3O10/c1-24(10-5-6-12(21)11(9-10)20(33)34)15(25)4-2-3-13(17(28)29)22-19(32)23-14(18(30)31)7-8-16(26)27/h5-6,9,13-14,33-34H,2-4,7-8H2,1H3,(H,26,27)(H,28,29)(H,30,31)(H2,22,23,32)/t13-,14-/m0/s1. The fourth-order valence-corrected chi connectivity index (χ4v) is 3.46. The number of anilines is 1. The van der Waals surface area contributed by atoms with Crippen LogP contribution in [-0.2, 0) is 19.2 Å². The van der Waals surface area contributed by atoms with Crippen LogP contribution < -0.4 is 21.0 Å². The number of carbonyl (C=O) groups is 5. The molecule has 0 unspecified atom stereocenters. The van der Waals surface area contributed by atoms with Crippen molar-refractivity contribution in [2.75, 3.05) is 11.9 Å². The predicted octanol–water partition coefficient (Wildman–Crippen LogP) is -0.825. The summed E-state index contributed by atoms with van der Waals surface area (Å²) in [6, 6.07) is 0.638. The number of nitrogens with one attached hydrogen (secondary N) is 2. The number of amides is 3. The number of benzene rings is 1. The van der Waals surface area contributed by atoms with Crippen molar-refractivity contribution in [3.05, 3.63) is 21.8 Å². The van der Waals surface area contributed by atoms with Crippen LogP contribution in [0, 0.1) is 3.57 Å². The fourth-order valence-electron chi connectivity index (χ4n) is 2.85. The molecule has 1 rings (SSSR count). The van der Waals surface area contributed by atoms with Crippen LogP contribution in [0.25, 0.3) is 0 Å². The third kappa shape index (κ3) is 9.52. The minimum absolute atomic E-state index is 0.0711. The van der Waals surface area contributed by atoms with Gasteiger partial charge in [0.2, 0.25) is 5.91 Å². The van der Waals surface area contributed by atoms with Gasteiger partial charge in [0.25, 0.3) is 0 Å². The highest BCUT2D eigenvalue weighted by atomic mass is 127. The lowest BCUT2D eigenvalue weighted by molar-refractivity contribution is -0.140. The van der Waals surface area contributed by atoms with E-state index in [1.807, 2.05) is 27.9 Å². The zero-order chi connectivity index (χ0) is 26.0. The molecule has 2 atom stereocenters. The third-order valence-electron chi connectivity index (χ3n) is 4.76. The van der Waals surface area contributed by atoms with Crippen molar-refractivity contribution in [2.24, 2.45) is 0 Å². The quantitative estimate of drug-likeness (QED) is 0.111. The summed E-state index contributed by atoms with van der Waals surface area (Å²) in [7, 11) is -0.240. The Bertz CT molecular complexity index is 930. The fraction of sp³-hybridized carbons (Fsp3) is 0.421. The van der Waals surface area contributed by atoms with Crippen molar-refractivity contribution >= 4 is 70.7 Å². The van der Waals surface area contributed by atoms with E-state index in [2.05, 4.69) is 5.32 Å². The summed E-state index contributed by atoms with van der Waals surface area (Å²) < 4.78 is 0.596. The maximum absolute atomic E-state index is 12.5. The Morgan fingerprint density at radius 3 is 2.03 bits per heavy atom. The van der Waals surface area contributed by atoms with E-state index in [1.54, 1.807) is 12.1 Å². The van der Waals surface area contributed by atoms with E-state index in [4.69, 9.17) is 10.2 Å². The molecule has 0 saturated heterocycles. The first-order valence-corrected chi connectivity index (χ1v) is 11.1. The van der Waals surface area contributed by atoms with Gasteiger partial charge in [-0.3, -0.25) is 9.59 Å². The highest BCUT2D eigenvalue weighted by molar-refractivity contribution is 14.1. The molecular formula is C19H25BIN3O10. The van der Waals surface area contributed by atoms with E-state index < -0.39 is 49.6 Å². The maximum atomic E-state index is 12.5. The van der Waals surface area contributed by atoms with Crippen LogP contribution in [0.2, 0.25) is 0 Å². The van der Waals surface area contributed by atoms with Gasteiger partial charge in [0.15, 0.2) is 0 Å². The first-order chi connectivity index (χ1) is 15.8. The zero-order valence-corrected chi connectivity index (χ0v) is 20.3. The molecular weight excluding hydrogens is 568 g/mol. The first-order valence-electron chi connectivity index (χ1n) is 10.00. The normalized spacial score (nSPS) is 12.2. The van der Waals surface area contributed by atoms with E-state index in [-0.39, 0.29) is 37.1 Å². The van der Waals surface area contributed by atoms with Gasteiger partial charge in [-0.25, -0.2) is 14.4 Å². The van der Waals surface area contributed by atoms with Crippen molar-refractivity contribution in [2.45, 2.75) is 44.2 Å². The van der Waals surface area contributed by atoms with Gasteiger partial charge in [0, 0.05) is 29.1 Å². The molecule has 7 N–H and O–H groups in total. The minimum atomic E-state index is -1.71. The molecule has 0 radical (unpaired) electrons. The van der Waals surface area contributed by atoms with Crippen molar-refractivity contribution in [1.82, 2.24) is 10.6 Å². The van der Waals surface area contributed by atoms with E-state index in [0.717, 1.165) is 0 Å². The Morgan fingerprint density at radius 2 is 1.53 bits per heavy atom. The van der Waals surface area contributed by atoms with Crippen molar-refractivity contribution in [3.63, 3.8) is 0 Å². The molecule has 34 heavy (non-hydrogen) atoms. The number of carboxylic acids is 3. The van der Waals surface area contributed by atoms with Crippen molar-refractivity contribution in [1.29, 1.82) is 0 Å². The van der Waals surface area contributed by atoms with Crippen LogP contribution in [0.3, 0.4) is 0 Å². The third-order valence-corrected chi connectivity index (χ3v) is 5.74. The lowest BCUT2D eigenvalue weighted by Gasteiger charge is -2.20. The topological polar surface area (TPSA) is 214 Å². The number of carboxylic acid groups (broad SMARTS) is 3. The molecule has 0 aliphatic heterocycles. The second-order valence-corrected chi connectivity index (χ2v) is 8.42. The van der Waals surface area contributed by atoms with Gasteiger partial charge < -0.3 is 40.9 Å². The summed E-state index contributed by atoms with van der Waals surface area (Å²) in [4.78, 5) is 59.0. The van der Waals surface area contributed by atoms with Crippen molar-refractivity contribution < 1.29 is 49.3 Å². The summed E-state index contributed by atoms with van der Waals surface area (Å²) in [5, 5.41) is 50.0. The molecule has 1 aromatic carbocycles. The molecule has 13 nitrogen and oxygen atoms in total. The van der Waals surface area contributed by atoms with Crippen LogP contribution in [0.4, 0.5) is 10.5 Å². The Morgan fingerprint density at radius 1 is 0.971 bits per heavy atom. The molecule has 0 fully saturated rings. The maximum Gasteiger partial charge on any atom is 0.489 e. The second kappa shape index (κ2) is 13.7. The van der Waals surface area contributed by atoms with Crippen LogP contribution in [0.1, 0.15) is 32.1 Å². The second-order valence-electron chi connectivity index (χ2n) is 7.26. The molecule has 0 aromatic heterocycles. The number of hydrogen-bond acceptors (Lipinski definition) is 7. The molecule has 0 bridgehead atoms. The molecule has 0 saturated carbocycles. The summed E-state index contributed by atoms with van der Waals surface area (Å²) >= 11 is 1.92. The monoisotopic (exact) mass is 593 g/mol. The van der Waals surface area contributed by atoms with Crippen molar-refractivity contribution in [3.8, 4) is 0 Å². The summed E-state index contributed by atoms with van der Waals surface area (Å²) in [5.41, 5.74) is 0.629. The smallest absolute Gasteiger partial charge is 0.481 e. The highest BCUT2D eigenvalue weighted by Crippen LogP contribution is 2.16. The van der Waals surface area contributed by atoms with Crippen LogP contribution in [0.5, 0.6) is 0 Å². The molecule has 186 valence electrons. The Balaban J connectivity index is 2.66. The molecule has 0 aliphatic rings. The minimum Gasteiger partial charge on any atom is -0.481 e. The van der Waals surface area contributed by atoms with Gasteiger partial charge in [-0.15, -0.1) is 0 Å². The highest BCUT2D eigenvalue weighted by Gasteiger charge is 2.25. The summed E-state index contributed by atoms with van der Waals surface area (Å²) in [5.74, 6) is -4.50. The lowest BCUT2D eigenvalue weighted by atomic mass is 9.80. The Hall–Kier alpha value is -2.92. The zero-order valence-electron chi connectivity index (χ0n) is 18.1. The number of nitrogens with zero attached hydrogens (tertiary/aromatic N) is 1. The Labute approximate surface area is 208 Å². The van der Waals surface area contributed by atoms with Crippen LogP contribution in [0.15, 0.2) is 18.2 Å². The first kappa shape index (κ1) is 29.1. The molecule has 0 spiro atoms. The number of aliphatic carboxylic acids is 3. The average molecular weight is 593 g/mol. The number of urea groups is 1. The Kier molecular flexibility index (Phi) is 11.7. The van der Waals surface area contributed by atoms with Crippen LogP contribution >= 0.6 is 22.6 Å². The van der Waals surface area contributed by atoms with Gasteiger partial charge in [0.1, 0.15) is 12.1 Å². The number of carbonyl (C=O) groups excluding carboxylic acids is 2. The van der Waals surface area contributed by atoms with Gasteiger partial charge in [-0.05, 0) is 65.5 Å². The average Bonchev–Trinajstić information content (AvgIpc) is 2.74. The van der Waals surface area contributed by atoms with E-state index in [0.29, 0.717) is 9.26 Å². The van der Waals surface area contributed by atoms with Gasteiger partial charge in [0.05, 0.1) is 0 Å².